The van der Waals surface area contributed by atoms with Gasteiger partial charge in [-0.3, -0.25) is 9.59 Å². The Balaban J connectivity index is 2.43. The number of unbranched alkanes of at least 4 members (excludes halogenated alkanes) is 1. The highest BCUT2D eigenvalue weighted by molar-refractivity contribution is 6.34. The summed E-state index contributed by atoms with van der Waals surface area (Å²) in [5, 5.41) is 0.493. The van der Waals surface area contributed by atoms with Crippen LogP contribution in [0, 0.1) is 6.92 Å². The van der Waals surface area contributed by atoms with E-state index in [1.165, 1.54) is 7.11 Å². The Morgan fingerprint density at radius 2 is 1.89 bits per heavy atom. The summed E-state index contributed by atoms with van der Waals surface area (Å²) in [7, 11) is 1.36. The molecule has 0 fully saturated rings. The van der Waals surface area contributed by atoms with Crippen LogP contribution >= 0.6 is 11.6 Å². The van der Waals surface area contributed by atoms with E-state index in [9.17, 15) is 9.59 Å². The average molecular weight is 269 g/mol. The number of carbonyl (C=O) groups excluding carboxylic acids is 2. The first-order valence-corrected chi connectivity index (χ1v) is 6.28. The van der Waals surface area contributed by atoms with E-state index in [0.29, 0.717) is 36.3 Å². The Kier molecular flexibility index (Phi) is 5.86. The molecule has 1 aromatic rings. The summed E-state index contributed by atoms with van der Waals surface area (Å²) in [5.74, 6) is -0.222. The molecule has 0 aliphatic rings. The highest BCUT2D eigenvalue weighted by Crippen LogP contribution is 2.20. The van der Waals surface area contributed by atoms with Crippen LogP contribution in [0.2, 0.25) is 5.02 Å². The number of ketones is 1. The fourth-order valence-corrected chi connectivity index (χ4v) is 1.98. The SMILES string of the molecule is COC(=O)CCCCC(=O)c1ccc(C)cc1Cl. The van der Waals surface area contributed by atoms with Gasteiger partial charge in [-0.05, 0) is 37.5 Å². The number of halogens is 1. The summed E-state index contributed by atoms with van der Waals surface area (Å²) in [5.41, 5.74) is 1.59. The molecule has 0 heterocycles. The molecule has 98 valence electrons. The molecule has 3 nitrogen and oxygen atoms in total. The Bertz CT molecular complexity index is 441. The van der Waals surface area contributed by atoms with Crippen LogP contribution in [0.15, 0.2) is 18.2 Å². The van der Waals surface area contributed by atoms with E-state index in [-0.39, 0.29) is 11.8 Å². The van der Waals surface area contributed by atoms with Crippen molar-refractivity contribution in [2.24, 2.45) is 0 Å². The number of hydrogen-bond donors (Lipinski definition) is 0. The van der Waals surface area contributed by atoms with Crippen molar-refractivity contribution in [1.29, 1.82) is 0 Å². The minimum absolute atomic E-state index is 0.0184. The molecule has 0 atom stereocenters. The largest absolute Gasteiger partial charge is 0.469 e. The molecule has 4 heteroatoms. The molecule has 0 aliphatic heterocycles. The summed E-state index contributed by atoms with van der Waals surface area (Å²) in [6, 6.07) is 5.40. The third-order valence-corrected chi connectivity index (χ3v) is 3.00. The van der Waals surface area contributed by atoms with Crippen LogP contribution in [0.3, 0.4) is 0 Å². The molecule has 0 bridgehead atoms. The second kappa shape index (κ2) is 7.17. The van der Waals surface area contributed by atoms with E-state index in [1.54, 1.807) is 12.1 Å². The molecule has 0 saturated heterocycles. The zero-order valence-electron chi connectivity index (χ0n) is 10.7. The maximum Gasteiger partial charge on any atom is 0.305 e. The van der Waals surface area contributed by atoms with Gasteiger partial charge in [0.25, 0.3) is 0 Å². The fraction of sp³-hybridized carbons (Fsp3) is 0.429. The van der Waals surface area contributed by atoms with Crippen LogP contribution < -0.4 is 0 Å². The number of esters is 1. The number of rotatable bonds is 6. The quantitative estimate of drug-likeness (QED) is 0.450. The van der Waals surface area contributed by atoms with Gasteiger partial charge < -0.3 is 4.74 Å². The van der Waals surface area contributed by atoms with E-state index in [4.69, 9.17) is 11.6 Å². The van der Waals surface area contributed by atoms with Crippen molar-refractivity contribution in [2.45, 2.75) is 32.6 Å². The molecule has 0 aromatic heterocycles. The van der Waals surface area contributed by atoms with Gasteiger partial charge in [-0.1, -0.05) is 17.7 Å². The van der Waals surface area contributed by atoms with E-state index in [0.717, 1.165) is 5.56 Å². The molecule has 0 spiro atoms. The Morgan fingerprint density at radius 1 is 1.22 bits per heavy atom. The fourth-order valence-electron chi connectivity index (χ4n) is 1.64. The van der Waals surface area contributed by atoms with Gasteiger partial charge >= 0.3 is 5.97 Å². The van der Waals surface area contributed by atoms with Crippen molar-refractivity contribution in [2.75, 3.05) is 7.11 Å². The van der Waals surface area contributed by atoms with Gasteiger partial charge in [-0.25, -0.2) is 0 Å². The van der Waals surface area contributed by atoms with Gasteiger partial charge in [-0.15, -0.1) is 0 Å². The van der Waals surface area contributed by atoms with Gasteiger partial charge in [-0.2, -0.15) is 0 Å². The first kappa shape index (κ1) is 14.7. The number of ether oxygens (including phenoxy) is 1. The lowest BCUT2D eigenvalue weighted by Gasteiger charge is -2.04. The summed E-state index contributed by atoms with van der Waals surface area (Å²) in [6.45, 7) is 1.93. The van der Waals surface area contributed by atoms with Crippen LogP contribution in [-0.2, 0) is 9.53 Å². The van der Waals surface area contributed by atoms with Crippen LogP contribution in [-0.4, -0.2) is 18.9 Å². The number of aryl methyl sites for hydroxylation is 1. The minimum atomic E-state index is -0.240. The second-order valence-electron chi connectivity index (χ2n) is 4.19. The molecule has 1 rings (SSSR count). The molecule has 1 aromatic carbocycles. The minimum Gasteiger partial charge on any atom is -0.469 e. The number of Topliss-reactive ketones (excluding diaryl/α,β-unsaturated/α-hetero) is 1. The van der Waals surface area contributed by atoms with Gasteiger partial charge in [0.2, 0.25) is 0 Å². The van der Waals surface area contributed by atoms with Crippen LogP contribution in [0.25, 0.3) is 0 Å². The Hall–Kier alpha value is -1.35. The molecular formula is C14H17ClO3. The summed E-state index contributed by atoms with van der Waals surface area (Å²) >= 11 is 6.02. The number of carbonyl (C=O) groups is 2. The van der Waals surface area contributed by atoms with E-state index < -0.39 is 0 Å². The number of hydrogen-bond acceptors (Lipinski definition) is 3. The predicted molar refractivity (Wildman–Crippen MR) is 71.0 cm³/mol. The highest BCUT2D eigenvalue weighted by Gasteiger charge is 2.10. The van der Waals surface area contributed by atoms with Crippen LogP contribution in [0.1, 0.15) is 41.6 Å². The van der Waals surface area contributed by atoms with Crippen molar-refractivity contribution in [3.8, 4) is 0 Å². The highest BCUT2D eigenvalue weighted by atomic mass is 35.5. The van der Waals surface area contributed by atoms with Gasteiger partial charge in [0.1, 0.15) is 0 Å². The molecule has 18 heavy (non-hydrogen) atoms. The molecule has 0 amide bonds. The molecule has 0 radical (unpaired) electrons. The lowest BCUT2D eigenvalue weighted by atomic mass is 10.0. The zero-order chi connectivity index (χ0) is 13.5. The lowest BCUT2D eigenvalue weighted by molar-refractivity contribution is -0.140. The van der Waals surface area contributed by atoms with E-state index in [2.05, 4.69) is 4.74 Å². The monoisotopic (exact) mass is 268 g/mol. The maximum absolute atomic E-state index is 11.9. The summed E-state index contributed by atoms with van der Waals surface area (Å²) < 4.78 is 4.53. The summed E-state index contributed by atoms with van der Waals surface area (Å²) in [6.07, 6.45) is 2.07. The van der Waals surface area contributed by atoms with Gasteiger partial charge in [0, 0.05) is 18.4 Å². The van der Waals surface area contributed by atoms with Gasteiger partial charge in [0.15, 0.2) is 5.78 Å². The number of benzene rings is 1. The van der Waals surface area contributed by atoms with Crippen LogP contribution in [0.4, 0.5) is 0 Å². The third kappa shape index (κ3) is 4.49. The maximum atomic E-state index is 11.9. The molecule has 0 N–H and O–H groups in total. The lowest BCUT2D eigenvalue weighted by Crippen LogP contribution is -2.03. The smallest absolute Gasteiger partial charge is 0.305 e. The Morgan fingerprint density at radius 3 is 2.50 bits per heavy atom. The third-order valence-electron chi connectivity index (χ3n) is 2.69. The zero-order valence-corrected chi connectivity index (χ0v) is 11.4. The summed E-state index contributed by atoms with van der Waals surface area (Å²) in [4.78, 5) is 22.8. The topological polar surface area (TPSA) is 43.4 Å². The molecule has 0 unspecified atom stereocenters. The first-order chi connectivity index (χ1) is 8.54. The van der Waals surface area contributed by atoms with Crippen molar-refractivity contribution >= 4 is 23.4 Å². The first-order valence-electron chi connectivity index (χ1n) is 5.90. The second-order valence-corrected chi connectivity index (χ2v) is 4.60. The van der Waals surface area contributed by atoms with Gasteiger partial charge in [0.05, 0.1) is 12.1 Å². The Labute approximate surface area is 112 Å². The normalized spacial score (nSPS) is 10.2. The predicted octanol–water partition coefficient (Wildman–Crippen LogP) is 3.56. The van der Waals surface area contributed by atoms with Crippen molar-refractivity contribution in [1.82, 2.24) is 0 Å². The van der Waals surface area contributed by atoms with Crippen molar-refractivity contribution < 1.29 is 14.3 Å². The number of methoxy groups -OCH3 is 1. The molecule has 0 saturated carbocycles. The standard InChI is InChI=1S/C14H17ClO3/c1-10-7-8-11(12(15)9-10)13(16)5-3-4-6-14(17)18-2/h7-9H,3-6H2,1-2H3. The average Bonchev–Trinajstić information content (AvgIpc) is 2.34. The van der Waals surface area contributed by atoms with Crippen molar-refractivity contribution in [3.05, 3.63) is 34.3 Å². The molecule has 0 aliphatic carbocycles. The van der Waals surface area contributed by atoms with Crippen LogP contribution in [0.5, 0.6) is 0 Å². The molecular weight excluding hydrogens is 252 g/mol. The van der Waals surface area contributed by atoms with E-state index in [1.807, 2.05) is 13.0 Å². The van der Waals surface area contributed by atoms with E-state index >= 15 is 0 Å². The van der Waals surface area contributed by atoms with Crippen molar-refractivity contribution in [3.63, 3.8) is 0 Å².